The Labute approximate surface area is 247 Å². The van der Waals surface area contributed by atoms with E-state index in [1.165, 1.54) is 19.9 Å². The number of fused-ring (bicyclic) bond motifs is 2. The highest BCUT2D eigenvalue weighted by molar-refractivity contribution is 5.80. The van der Waals surface area contributed by atoms with Gasteiger partial charge >= 0.3 is 12.1 Å². The van der Waals surface area contributed by atoms with Gasteiger partial charge in [0.25, 0.3) is 0 Å². The summed E-state index contributed by atoms with van der Waals surface area (Å²) in [5.74, 6) is 0.283. The highest BCUT2D eigenvalue weighted by Gasteiger charge is 2.39. The molecule has 7 nitrogen and oxygen atoms in total. The van der Waals surface area contributed by atoms with Crippen LogP contribution in [0.4, 0.5) is 13.2 Å². The summed E-state index contributed by atoms with van der Waals surface area (Å²) >= 11 is 0. The maximum absolute atomic E-state index is 14.4. The van der Waals surface area contributed by atoms with Crippen molar-refractivity contribution in [3.63, 3.8) is 0 Å². The number of aryl methyl sites for hydroxylation is 2. The first kappa shape index (κ1) is 30.7. The minimum absolute atomic E-state index is 0.0394. The number of aliphatic carboxylic acids is 1. The molecule has 1 unspecified atom stereocenters. The average molecular weight is 601 g/mol. The van der Waals surface area contributed by atoms with Crippen molar-refractivity contribution in [2.45, 2.75) is 76.9 Å². The Morgan fingerprint density at radius 1 is 1.02 bits per heavy atom. The van der Waals surface area contributed by atoms with E-state index in [1.807, 2.05) is 0 Å². The molecule has 0 bridgehead atoms. The van der Waals surface area contributed by atoms with Gasteiger partial charge in [-0.1, -0.05) is 12.1 Å². The number of ether oxygens (including phenoxy) is 3. The predicted octanol–water partition coefficient (Wildman–Crippen LogP) is 6.52. The van der Waals surface area contributed by atoms with Crippen molar-refractivity contribution >= 4 is 5.97 Å². The first-order valence-electron chi connectivity index (χ1n) is 14.2. The van der Waals surface area contributed by atoms with Gasteiger partial charge in [-0.3, -0.25) is 4.79 Å². The van der Waals surface area contributed by atoms with Crippen molar-refractivity contribution in [3.05, 3.63) is 75.8 Å². The zero-order valence-electron chi connectivity index (χ0n) is 24.4. The summed E-state index contributed by atoms with van der Waals surface area (Å²) in [6.45, 7) is 6.47. The molecule has 3 aromatic carbocycles. The molecule has 2 aliphatic rings. The maximum atomic E-state index is 14.4. The highest BCUT2D eigenvalue weighted by atomic mass is 19.4. The monoisotopic (exact) mass is 600 g/mol. The Morgan fingerprint density at radius 2 is 1.70 bits per heavy atom. The molecule has 5 rings (SSSR count). The molecule has 43 heavy (non-hydrogen) atoms. The lowest BCUT2D eigenvalue weighted by Crippen LogP contribution is -2.40. The van der Waals surface area contributed by atoms with Crippen molar-refractivity contribution in [2.75, 3.05) is 13.2 Å². The van der Waals surface area contributed by atoms with Crippen LogP contribution in [0, 0.1) is 13.8 Å². The van der Waals surface area contributed by atoms with E-state index in [0.29, 0.717) is 57.9 Å². The molecule has 0 saturated carbocycles. The fourth-order valence-electron chi connectivity index (χ4n) is 5.96. The lowest BCUT2D eigenvalue weighted by molar-refractivity contribution is -0.138. The third-order valence-corrected chi connectivity index (χ3v) is 8.20. The molecule has 1 aliphatic heterocycles. The second kappa shape index (κ2) is 11.4. The number of hydrogen-bond donors (Lipinski definition) is 3. The molecule has 0 radical (unpaired) electrons. The first-order chi connectivity index (χ1) is 20.1. The van der Waals surface area contributed by atoms with Gasteiger partial charge in [0.15, 0.2) is 0 Å². The van der Waals surface area contributed by atoms with Gasteiger partial charge in [-0.25, -0.2) is 0 Å². The molecule has 1 heterocycles. The summed E-state index contributed by atoms with van der Waals surface area (Å²) in [5, 5.41) is 29.3. The summed E-state index contributed by atoms with van der Waals surface area (Å²) in [4.78, 5) is 11.2. The molecule has 0 saturated heterocycles. The first-order valence-corrected chi connectivity index (χ1v) is 14.2. The van der Waals surface area contributed by atoms with Crippen molar-refractivity contribution < 1.29 is 47.5 Å². The van der Waals surface area contributed by atoms with E-state index in [1.54, 1.807) is 44.2 Å². The van der Waals surface area contributed by atoms with E-state index in [0.717, 1.165) is 11.6 Å². The minimum atomic E-state index is -4.59. The van der Waals surface area contributed by atoms with Gasteiger partial charge in [-0.05, 0) is 98.2 Å². The minimum Gasteiger partial charge on any atom is -0.492 e. The molecule has 10 heteroatoms. The van der Waals surface area contributed by atoms with Crippen molar-refractivity contribution in [1.82, 2.24) is 0 Å². The third kappa shape index (κ3) is 6.31. The topological polar surface area (TPSA) is 105 Å². The van der Waals surface area contributed by atoms with Gasteiger partial charge in [0.05, 0.1) is 24.2 Å². The molecular formula is C33H35F3O7. The van der Waals surface area contributed by atoms with Gasteiger partial charge in [-0.15, -0.1) is 0 Å². The predicted molar refractivity (Wildman–Crippen MR) is 153 cm³/mol. The Morgan fingerprint density at radius 3 is 2.33 bits per heavy atom. The van der Waals surface area contributed by atoms with Crippen LogP contribution in [-0.4, -0.2) is 46.2 Å². The Balaban J connectivity index is 1.47. The highest BCUT2D eigenvalue weighted by Crippen LogP contribution is 2.48. The van der Waals surface area contributed by atoms with E-state index in [2.05, 4.69) is 0 Å². The normalized spacial score (nSPS) is 18.5. The van der Waals surface area contributed by atoms with Crippen LogP contribution in [0.15, 0.2) is 42.5 Å². The lowest BCUT2D eigenvalue weighted by atomic mass is 9.86. The summed E-state index contributed by atoms with van der Waals surface area (Å²) < 4.78 is 60.8. The van der Waals surface area contributed by atoms with Crippen LogP contribution in [0.25, 0.3) is 11.1 Å². The van der Waals surface area contributed by atoms with Crippen LogP contribution in [0.2, 0.25) is 0 Å². The summed E-state index contributed by atoms with van der Waals surface area (Å²) in [5.41, 5.74) is 1.73. The van der Waals surface area contributed by atoms with Crippen molar-refractivity contribution in [1.29, 1.82) is 0 Å². The number of rotatable bonds is 9. The van der Waals surface area contributed by atoms with E-state index < -0.39 is 35.5 Å². The molecular weight excluding hydrogens is 565 g/mol. The molecule has 3 aromatic rings. The molecule has 0 aromatic heterocycles. The number of carboxylic acids is 1. The van der Waals surface area contributed by atoms with Gasteiger partial charge in [0, 0.05) is 17.5 Å². The number of benzene rings is 3. The molecule has 0 fully saturated rings. The molecule has 3 atom stereocenters. The Hall–Kier alpha value is -3.76. The van der Waals surface area contributed by atoms with E-state index in [4.69, 9.17) is 19.3 Å². The number of carbonyl (C=O) groups is 1. The SMILES string of the molecule is Cc1cc(OC[C@@H](O)C(C)(C)O)cc(C)c1-c1c(C(F)(F)F)ccc2c1CC[C@@H]2Oc1ccc2c(c1)OCC2CC(=O)O. The number of hydrogen-bond acceptors (Lipinski definition) is 6. The van der Waals surface area contributed by atoms with E-state index >= 15 is 0 Å². The lowest BCUT2D eigenvalue weighted by Gasteiger charge is -2.25. The number of halogens is 3. The van der Waals surface area contributed by atoms with Crippen LogP contribution < -0.4 is 14.2 Å². The number of aliphatic hydroxyl groups excluding tert-OH is 1. The smallest absolute Gasteiger partial charge is 0.417 e. The average Bonchev–Trinajstić information content (AvgIpc) is 3.49. The molecule has 0 spiro atoms. The quantitative estimate of drug-likeness (QED) is 0.257. The summed E-state index contributed by atoms with van der Waals surface area (Å²) in [6, 6.07) is 11.1. The van der Waals surface area contributed by atoms with E-state index in [9.17, 15) is 28.2 Å². The van der Waals surface area contributed by atoms with Crippen LogP contribution in [0.1, 0.15) is 72.1 Å². The summed E-state index contributed by atoms with van der Waals surface area (Å²) in [6.07, 6.45) is -5.38. The maximum Gasteiger partial charge on any atom is 0.417 e. The largest absolute Gasteiger partial charge is 0.492 e. The molecule has 1 aliphatic carbocycles. The zero-order chi connectivity index (χ0) is 31.3. The summed E-state index contributed by atoms with van der Waals surface area (Å²) in [7, 11) is 0. The Kier molecular flexibility index (Phi) is 8.13. The second-order valence-corrected chi connectivity index (χ2v) is 11.9. The number of alkyl halides is 3. The fourth-order valence-corrected chi connectivity index (χ4v) is 5.96. The van der Waals surface area contributed by atoms with Crippen molar-refractivity contribution in [2.24, 2.45) is 0 Å². The molecule has 230 valence electrons. The zero-order valence-corrected chi connectivity index (χ0v) is 24.4. The van der Waals surface area contributed by atoms with E-state index in [-0.39, 0.29) is 31.1 Å². The van der Waals surface area contributed by atoms with Gasteiger partial charge in [0.2, 0.25) is 0 Å². The van der Waals surface area contributed by atoms with Gasteiger partial charge in [-0.2, -0.15) is 13.2 Å². The standard InChI is InChI=1S/C33H35F3O7/c1-17-11-21(41-16-28(37)32(3,4)40)12-18(2)30(17)31-24-8-10-26(23(24)7-9-25(31)33(34,35)36)43-20-5-6-22-19(13-29(38)39)15-42-27(22)14-20/h5-7,9,11-12,14,19,26,28,37,40H,8,10,13,15-16H2,1-4H3,(H,38,39)/t19?,26-,28+/m0/s1. The second-order valence-electron chi connectivity index (χ2n) is 11.9. The number of aliphatic hydroxyl groups is 2. The van der Waals surface area contributed by atoms with Crippen molar-refractivity contribution in [3.8, 4) is 28.4 Å². The molecule has 3 N–H and O–H groups in total. The van der Waals surface area contributed by atoms with Gasteiger partial charge < -0.3 is 29.5 Å². The van der Waals surface area contributed by atoms with Crippen LogP contribution in [0.5, 0.6) is 17.2 Å². The third-order valence-electron chi connectivity index (χ3n) is 8.20. The fraction of sp³-hybridized carbons (Fsp3) is 0.424. The van der Waals surface area contributed by atoms with Gasteiger partial charge in [0.1, 0.15) is 36.1 Å². The number of carboxylic acid groups (broad SMARTS) is 1. The van der Waals surface area contributed by atoms with Crippen LogP contribution in [0.3, 0.4) is 0 Å². The van der Waals surface area contributed by atoms with Crippen LogP contribution in [-0.2, 0) is 17.4 Å². The van der Waals surface area contributed by atoms with Crippen LogP contribution >= 0.6 is 0 Å². The Bertz CT molecular complexity index is 1520. The molecule has 0 amide bonds.